The van der Waals surface area contributed by atoms with Crippen molar-refractivity contribution in [3.8, 4) is 21.9 Å². The highest BCUT2D eigenvalue weighted by atomic mass is 32.1. The number of benzene rings is 2. The van der Waals surface area contributed by atoms with E-state index in [1.807, 2.05) is 17.5 Å². The highest BCUT2D eigenvalue weighted by molar-refractivity contribution is 7.13. The van der Waals surface area contributed by atoms with Crippen molar-refractivity contribution in [3.63, 3.8) is 0 Å². The lowest BCUT2D eigenvalue weighted by Crippen LogP contribution is -2.20. The molecule has 1 aromatic heterocycles. The summed E-state index contributed by atoms with van der Waals surface area (Å²) in [6, 6.07) is 12.6. The third kappa shape index (κ3) is 4.81. The predicted molar refractivity (Wildman–Crippen MR) is 118 cm³/mol. The van der Waals surface area contributed by atoms with Crippen molar-refractivity contribution in [1.82, 2.24) is 0 Å². The molecule has 0 atom stereocenters. The largest absolute Gasteiger partial charge is 0.496 e. The number of aromatic carboxylic acids is 1. The number of nitrogens with two attached hydrogens (primary N) is 1. The lowest BCUT2D eigenvalue weighted by Gasteiger charge is -2.16. The standard InChI is InChI=1S/C23H19NO6S/c1-13(22(26)14-5-7-15(8-6-14)23(27)28)16-10-17(20-4-3-9-31-20)18(29-2)11-19(16)30-12-21(24)25/h3-11H,1,12H2,2H3,(H2,24,25)(H,27,28). The fraction of sp³-hybridized carbons (Fsp3) is 0.0870. The SMILES string of the molecule is C=C(C(=O)c1ccc(C(=O)O)cc1)c1cc(-c2cccs2)c(OC)cc1OCC(N)=O. The van der Waals surface area contributed by atoms with Crippen LogP contribution in [0.2, 0.25) is 0 Å². The van der Waals surface area contributed by atoms with Crippen LogP contribution in [0, 0.1) is 0 Å². The van der Waals surface area contributed by atoms with Gasteiger partial charge in [0.1, 0.15) is 11.5 Å². The Morgan fingerprint density at radius 1 is 1.06 bits per heavy atom. The molecule has 0 bridgehead atoms. The highest BCUT2D eigenvalue weighted by Gasteiger charge is 2.21. The summed E-state index contributed by atoms with van der Waals surface area (Å²) in [5, 5.41) is 11.0. The second kappa shape index (κ2) is 9.27. The molecule has 0 unspecified atom stereocenters. The molecule has 2 aromatic carbocycles. The van der Waals surface area contributed by atoms with Crippen LogP contribution >= 0.6 is 11.3 Å². The van der Waals surface area contributed by atoms with Crippen LogP contribution < -0.4 is 15.2 Å². The van der Waals surface area contributed by atoms with Crippen LogP contribution in [-0.2, 0) is 4.79 Å². The first-order valence-electron chi connectivity index (χ1n) is 9.06. The average Bonchev–Trinajstić information content (AvgIpc) is 3.30. The zero-order valence-corrected chi connectivity index (χ0v) is 17.4. The summed E-state index contributed by atoms with van der Waals surface area (Å²) < 4.78 is 11.0. The molecule has 3 N–H and O–H groups in total. The Morgan fingerprint density at radius 2 is 1.74 bits per heavy atom. The van der Waals surface area contributed by atoms with Gasteiger partial charge in [-0.3, -0.25) is 9.59 Å². The second-order valence-corrected chi connectivity index (χ2v) is 7.42. The molecular formula is C23H19NO6S. The van der Waals surface area contributed by atoms with Gasteiger partial charge in [-0.25, -0.2) is 4.79 Å². The van der Waals surface area contributed by atoms with Gasteiger partial charge in [0.15, 0.2) is 12.4 Å². The Balaban J connectivity index is 2.06. The van der Waals surface area contributed by atoms with Crippen LogP contribution in [0.3, 0.4) is 0 Å². The molecule has 3 aromatic rings. The summed E-state index contributed by atoms with van der Waals surface area (Å²) in [6.45, 7) is 3.54. The number of methoxy groups -OCH3 is 1. The molecule has 0 radical (unpaired) electrons. The summed E-state index contributed by atoms with van der Waals surface area (Å²) >= 11 is 1.49. The van der Waals surface area contributed by atoms with Gasteiger partial charge in [-0.15, -0.1) is 11.3 Å². The van der Waals surface area contributed by atoms with Crippen LogP contribution in [0.15, 0.2) is 60.5 Å². The van der Waals surface area contributed by atoms with Gasteiger partial charge in [0.2, 0.25) is 0 Å². The van der Waals surface area contributed by atoms with Gasteiger partial charge >= 0.3 is 5.97 Å². The van der Waals surface area contributed by atoms with Gasteiger partial charge in [0.05, 0.1) is 12.7 Å². The molecule has 0 saturated heterocycles. The highest BCUT2D eigenvalue weighted by Crippen LogP contribution is 2.40. The number of carboxylic acid groups (broad SMARTS) is 1. The van der Waals surface area contributed by atoms with Gasteiger partial charge in [0, 0.05) is 33.2 Å². The molecule has 0 aliphatic heterocycles. The minimum atomic E-state index is -1.09. The first-order valence-corrected chi connectivity index (χ1v) is 9.94. The van der Waals surface area contributed by atoms with Crippen molar-refractivity contribution in [2.45, 2.75) is 0 Å². The van der Waals surface area contributed by atoms with E-state index in [0.29, 0.717) is 11.3 Å². The zero-order valence-electron chi connectivity index (χ0n) is 16.6. The molecule has 31 heavy (non-hydrogen) atoms. The quantitative estimate of drug-likeness (QED) is 0.388. The molecule has 8 heteroatoms. The van der Waals surface area contributed by atoms with Crippen LogP contribution in [0.1, 0.15) is 26.3 Å². The number of rotatable bonds is 9. The number of hydrogen-bond donors (Lipinski definition) is 2. The number of carbonyl (C=O) groups excluding carboxylic acids is 2. The van der Waals surface area contributed by atoms with Gasteiger partial charge in [-0.1, -0.05) is 24.8 Å². The van der Waals surface area contributed by atoms with Gasteiger partial charge in [0.25, 0.3) is 5.91 Å². The monoisotopic (exact) mass is 437 g/mol. The number of hydrogen-bond acceptors (Lipinski definition) is 6. The average molecular weight is 437 g/mol. The number of ether oxygens (including phenoxy) is 2. The molecule has 0 saturated carbocycles. The number of carboxylic acids is 1. The molecule has 1 amide bonds. The fourth-order valence-electron chi connectivity index (χ4n) is 2.92. The van der Waals surface area contributed by atoms with Crippen LogP contribution in [0.5, 0.6) is 11.5 Å². The van der Waals surface area contributed by atoms with E-state index >= 15 is 0 Å². The smallest absolute Gasteiger partial charge is 0.335 e. The molecule has 0 aliphatic carbocycles. The molecule has 7 nitrogen and oxygen atoms in total. The van der Waals surface area contributed by atoms with Crippen molar-refractivity contribution in [3.05, 3.63) is 77.2 Å². The van der Waals surface area contributed by atoms with Crippen molar-refractivity contribution in [1.29, 1.82) is 0 Å². The van der Waals surface area contributed by atoms with E-state index in [9.17, 15) is 14.4 Å². The Bertz CT molecular complexity index is 1150. The lowest BCUT2D eigenvalue weighted by atomic mass is 9.94. The first kappa shape index (κ1) is 21.8. The maximum absolute atomic E-state index is 13.0. The van der Waals surface area contributed by atoms with Crippen molar-refractivity contribution >= 4 is 34.6 Å². The number of amides is 1. The number of Topliss-reactive ketones (excluding diaryl/α,β-unsaturated/α-hetero) is 1. The van der Waals surface area contributed by atoms with E-state index < -0.39 is 17.7 Å². The van der Waals surface area contributed by atoms with Crippen molar-refractivity contribution in [2.75, 3.05) is 13.7 Å². The maximum Gasteiger partial charge on any atom is 0.335 e. The van der Waals surface area contributed by atoms with E-state index in [1.165, 1.54) is 42.7 Å². The van der Waals surface area contributed by atoms with Crippen molar-refractivity contribution < 1.29 is 29.0 Å². The van der Waals surface area contributed by atoms with Gasteiger partial charge < -0.3 is 20.3 Å². The molecule has 0 fully saturated rings. The second-order valence-electron chi connectivity index (χ2n) is 6.47. The minimum absolute atomic E-state index is 0.0667. The van der Waals surface area contributed by atoms with Crippen LogP contribution in [0.4, 0.5) is 0 Å². The number of thiophene rings is 1. The number of allylic oxidation sites excluding steroid dienone is 1. The Labute approximate surface area is 182 Å². The van der Waals surface area contributed by atoms with E-state index in [1.54, 1.807) is 12.1 Å². The molecule has 1 heterocycles. The Hall–Kier alpha value is -3.91. The summed E-state index contributed by atoms with van der Waals surface area (Å²) in [7, 11) is 1.51. The normalized spacial score (nSPS) is 10.4. The fourth-order valence-corrected chi connectivity index (χ4v) is 3.67. The third-order valence-corrected chi connectivity index (χ3v) is 5.35. The van der Waals surface area contributed by atoms with E-state index in [0.717, 1.165) is 10.4 Å². The molecule has 0 spiro atoms. The predicted octanol–water partition coefficient (Wildman–Crippen LogP) is 3.88. The molecule has 158 valence electrons. The molecular weight excluding hydrogens is 418 g/mol. The first-order chi connectivity index (χ1) is 14.8. The Kier molecular flexibility index (Phi) is 6.52. The topological polar surface area (TPSA) is 116 Å². The van der Waals surface area contributed by atoms with Crippen molar-refractivity contribution in [2.24, 2.45) is 5.73 Å². The number of ketones is 1. The van der Waals surface area contributed by atoms with Crippen LogP contribution in [0.25, 0.3) is 16.0 Å². The number of carbonyl (C=O) groups is 3. The Morgan fingerprint density at radius 3 is 2.29 bits per heavy atom. The van der Waals surface area contributed by atoms with E-state index in [2.05, 4.69) is 6.58 Å². The molecule has 3 rings (SSSR count). The van der Waals surface area contributed by atoms with Crippen LogP contribution in [-0.4, -0.2) is 36.5 Å². The zero-order chi connectivity index (χ0) is 22.5. The summed E-state index contributed by atoms with van der Waals surface area (Å²) in [6.07, 6.45) is 0. The lowest BCUT2D eigenvalue weighted by molar-refractivity contribution is -0.119. The summed E-state index contributed by atoms with van der Waals surface area (Å²) in [5.41, 5.74) is 6.75. The summed E-state index contributed by atoms with van der Waals surface area (Å²) in [4.78, 5) is 36.2. The third-order valence-electron chi connectivity index (χ3n) is 4.45. The van der Waals surface area contributed by atoms with Gasteiger partial charge in [-0.2, -0.15) is 0 Å². The maximum atomic E-state index is 13.0. The summed E-state index contributed by atoms with van der Waals surface area (Å²) in [5.74, 6) is -1.46. The van der Waals surface area contributed by atoms with E-state index in [4.69, 9.17) is 20.3 Å². The van der Waals surface area contributed by atoms with E-state index in [-0.39, 0.29) is 29.1 Å². The minimum Gasteiger partial charge on any atom is -0.496 e. The number of primary amides is 1. The molecule has 0 aliphatic rings. The van der Waals surface area contributed by atoms with Gasteiger partial charge in [-0.05, 0) is 29.6 Å².